The Morgan fingerprint density at radius 3 is 1.65 bits per heavy atom. The fourth-order valence-electron chi connectivity index (χ4n) is 3.07. The molecule has 0 aliphatic rings. The van der Waals surface area contributed by atoms with Gasteiger partial charge in [-0.15, -0.1) is 0 Å². The molecule has 31 heavy (non-hydrogen) atoms. The predicted molar refractivity (Wildman–Crippen MR) is 120 cm³/mol. The van der Waals surface area contributed by atoms with Crippen LogP contribution in [-0.4, -0.2) is 22.1 Å². The zero-order valence-corrected chi connectivity index (χ0v) is 17.4. The van der Waals surface area contributed by atoms with Crippen LogP contribution in [0, 0.1) is 0 Å². The third kappa shape index (κ3) is 8.04. The van der Waals surface area contributed by atoms with E-state index in [1.54, 1.807) is 12.1 Å². The maximum Gasteiger partial charge on any atom is 0.305 e. The van der Waals surface area contributed by atoms with Crippen LogP contribution in [0.1, 0.15) is 48.2 Å². The number of aliphatic carboxylic acids is 1. The number of rotatable bonds is 7. The van der Waals surface area contributed by atoms with Crippen molar-refractivity contribution in [2.24, 2.45) is 5.73 Å². The number of aliphatic hydroxyl groups excluding tert-OH is 1. The summed E-state index contributed by atoms with van der Waals surface area (Å²) in [5, 5.41) is 21.4. The molecule has 1 unspecified atom stereocenters. The monoisotopic (exact) mass is 420 g/mol. The van der Waals surface area contributed by atoms with Gasteiger partial charge in [0, 0.05) is 6.92 Å². The molecule has 0 aliphatic heterocycles. The van der Waals surface area contributed by atoms with Gasteiger partial charge in [-0.2, -0.15) is 0 Å². The molecule has 3 rings (SSSR count). The van der Waals surface area contributed by atoms with Crippen LogP contribution in [0.15, 0.2) is 91.0 Å². The molecule has 6 nitrogen and oxygen atoms in total. The van der Waals surface area contributed by atoms with Gasteiger partial charge in [0.2, 0.25) is 5.91 Å². The Bertz CT molecular complexity index is 874. The van der Waals surface area contributed by atoms with E-state index < -0.39 is 18.1 Å². The molecule has 162 valence electrons. The van der Waals surface area contributed by atoms with Crippen molar-refractivity contribution in [3.63, 3.8) is 0 Å². The molecule has 6 heteroatoms. The summed E-state index contributed by atoms with van der Waals surface area (Å²) in [7, 11) is 0. The molecule has 0 saturated heterocycles. The van der Waals surface area contributed by atoms with E-state index in [0.717, 1.165) is 16.7 Å². The Morgan fingerprint density at radius 2 is 1.23 bits per heavy atom. The quantitative estimate of drug-likeness (QED) is 0.465. The van der Waals surface area contributed by atoms with Crippen LogP contribution < -0.4 is 11.1 Å². The number of hydrogen-bond acceptors (Lipinski definition) is 4. The second-order valence-corrected chi connectivity index (χ2v) is 7.05. The molecule has 0 bridgehead atoms. The molecule has 0 aromatic heterocycles. The van der Waals surface area contributed by atoms with Gasteiger partial charge < -0.3 is 21.3 Å². The standard InChI is InChI=1S/C14H15NO.C11H13NO3/c15-13(11-7-3-1-4-8-11)14(16)12-9-5-2-6-10-12;1-8(13)12-10(7-11(14)15)9-5-3-2-4-6-9/h1-10,13-14,16H,15H2;2-6,10H,7H2,1H3,(H,12,13)(H,14,15)/t13-,14+;/m0./s1. The van der Waals surface area contributed by atoms with Gasteiger partial charge in [-0.25, -0.2) is 0 Å². The van der Waals surface area contributed by atoms with Crippen LogP contribution in [0.5, 0.6) is 0 Å². The predicted octanol–water partition coefficient (Wildman–Crippen LogP) is 3.76. The van der Waals surface area contributed by atoms with E-state index in [9.17, 15) is 14.7 Å². The molecule has 3 aromatic carbocycles. The van der Waals surface area contributed by atoms with Gasteiger partial charge in [0.1, 0.15) is 0 Å². The van der Waals surface area contributed by atoms with Gasteiger partial charge in [0.05, 0.1) is 24.6 Å². The molecule has 3 aromatic rings. The first-order chi connectivity index (χ1) is 14.9. The number of carbonyl (C=O) groups is 2. The average Bonchev–Trinajstić information content (AvgIpc) is 2.79. The summed E-state index contributed by atoms with van der Waals surface area (Å²) < 4.78 is 0. The van der Waals surface area contributed by atoms with Gasteiger partial charge >= 0.3 is 5.97 Å². The molecule has 0 spiro atoms. The Hall–Kier alpha value is -3.48. The van der Waals surface area contributed by atoms with E-state index in [2.05, 4.69) is 5.32 Å². The smallest absolute Gasteiger partial charge is 0.305 e. The first kappa shape index (κ1) is 23.8. The summed E-state index contributed by atoms with van der Waals surface area (Å²) in [6, 6.07) is 27.3. The molecule has 0 heterocycles. The van der Waals surface area contributed by atoms with Crippen LogP contribution >= 0.6 is 0 Å². The van der Waals surface area contributed by atoms with Crippen LogP contribution in [0.3, 0.4) is 0 Å². The molecular formula is C25H28N2O4. The minimum Gasteiger partial charge on any atom is -0.481 e. The molecule has 0 saturated carbocycles. The minimum absolute atomic E-state index is 0.108. The highest BCUT2D eigenvalue weighted by Gasteiger charge is 2.18. The lowest BCUT2D eigenvalue weighted by Crippen LogP contribution is -2.27. The summed E-state index contributed by atoms with van der Waals surface area (Å²) in [5.41, 5.74) is 8.61. The molecular weight excluding hydrogens is 392 g/mol. The number of carboxylic acid groups (broad SMARTS) is 1. The van der Waals surface area contributed by atoms with Crippen LogP contribution in [0.4, 0.5) is 0 Å². The van der Waals surface area contributed by atoms with Crippen molar-refractivity contribution in [3.05, 3.63) is 108 Å². The van der Waals surface area contributed by atoms with Gasteiger partial charge in [-0.3, -0.25) is 9.59 Å². The first-order valence-corrected chi connectivity index (χ1v) is 9.96. The van der Waals surface area contributed by atoms with Gasteiger partial charge in [0.25, 0.3) is 0 Å². The minimum atomic E-state index is -0.933. The normalized spacial score (nSPS) is 13.1. The zero-order valence-electron chi connectivity index (χ0n) is 17.4. The third-order valence-electron chi connectivity index (χ3n) is 4.62. The Labute approximate surface area is 182 Å². The number of hydrogen-bond donors (Lipinski definition) is 4. The number of nitrogens with one attached hydrogen (secondary N) is 1. The number of benzene rings is 3. The number of carboxylic acids is 1. The van der Waals surface area contributed by atoms with Crippen molar-refractivity contribution in [3.8, 4) is 0 Å². The highest BCUT2D eigenvalue weighted by atomic mass is 16.4. The second-order valence-electron chi connectivity index (χ2n) is 7.05. The first-order valence-electron chi connectivity index (χ1n) is 9.96. The van der Waals surface area contributed by atoms with Gasteiger partial charge in [0.15, 0.2) is 0 Å². The highest BCUT2D eigenvalue weighted by molar-refractivity contribution is 5.75. The summed E-state index contributed by atoms with van der Waals surface area (Å²) >= 11 is 0. The third-order valence-corrected chi connectivity index (χ3v) is 4.62. The van der Waals surface area contributed by atoms with Gasteiger partial charge in [-0.1, -0.05) is 91.0 Å². The van der Waals surface area contributed by atoms with E-state index in [1.165, 1.54) is 6.92 Å². The van der Waals surface area contributed by atoms with Crippen LogP contribution in [-0.2, 0) is 9.59 Å². The van der Waals surface area contributed by atoms with Crippen molar-refractivity contribution in [1.29, 1.82) is 0 Å². The number of amides is 1. The van der Waals surface area contributed by atoms with E-state index in [4.69, 9.17) is 10.8 Å². The number of aliphatic hydroxyl groups is 1. The fraction of sp³-hybridized carbons (Fsp3) is 0.200. The SMILES string of the molecule is CC(=O)NC(CC(=O)O)c1ccccc1.N[C@@H](c1ccccc1)[C@H](O)c1ccccc1. The summed E-state index contributed by atoms with van der Waals surface area (Å²) in [6.45, 7) is 1.37. The van der Waals surface area contributed by atoms with Crippen molar-refractivity contribution in [2.45, 2.75) is 31.5 Å². The number of nitrogens with two attached hydrogens (primary N) is 1. The van der Waals surface area contributed by atoms with Crippen LogP contribution in [0.25, 0.3) is 0 Å². The van der Waals surface area contributed by atoms with Crippen molar-refractivity contribution in [1.82, 2.24) is 5.32 Å². The molecule has 0 fully saturated rings. The number of carbonyl (C=O) groups excluding carboxylic acids is 1. The molecule has 0 radical (unpaired) electrons. The Balaban J connectivity index is 0.000000221. The fourth-order valence-corrected chi connectivity index (χ4v) is 3.07. The van der Waals surface area contributed by atoms with Crippen molar-refractivity contribution >= 4 is 11.9 Å². The molecule has 0 aliphatic carbocycles. The van der Waals surface area contributed by atoms with Crippen molar-refractivity contribution in [2.75, 3.05) is 0 Å². The van der Waals surface area contributed by atoms with Crippen molar-refractivity contribution < 1.29 is 19.8 Å². The zero-order chi connectivity index (χ0) is 22.6. The largest absolute Gasteiger partial charge is 0.481 e. The summed E-state index contributed by atoms with van der Waals surface area (Å²) in [4.78, 5) is 21.5. The van der Waals surface area contributed by atoms with E-state index in [-0.39, 0.29) is 18.4 Å². The lowest BCUT2D eigenvalue weighted by Gasteiger charge is -2.19. The van der Waals surface area contributed by atoms with E-state index in [0.29, 0.717) is 0 Å². The maximum atomic E-state index is 10.9. The lowest BCUT2D eigenvalue weighted by atomic mass is 9.97. The summed E-state index contributed by atoms with van der Waals surface area (Å²) in [6.07, 6.45) is -0.771. The average molecular weight is 421 g/mol. The Morgan fingerprint density at radius 1 is 0.806 bits per heavy atom. The summed E-state index contributed by atoms with van der Waals surface area (Å²) in [5.74, 6) is -1.16. The molecule has 5 N–H and O–H groups in total. The van der Waals surface area contributed by atoms with Gasteiger partial charge in [-0.05, 0) is 16.7 Å². The Kier molecular flexibility index (Phi) is 9.42. The van der Waals surface area contributed by atoms with Crippen LogP contribution in [0.2, 0.25) is 0 Å². The maximum absolute atomic E-state index is 10.9. The van der Waals surface area contributed by atoms with E-state index >= 15 is 0 Å². The van der Waals surface area contributed by atoms with E-state index in [1.807, 2.05) is 78.9 Å². The molecule has 1 amide bonds. The lowest BCUT2D eigenvalue weighted by molar-refractivity contribution is -0.137. The topological polar surface area (TPSA) is 113 Å². The molecule has 3 atom stereocenters. The highest BCUT2D eigenvalue weighted by Crippen LogP contribution is 2.26. The second kappa shape index (κ2) is 12.3.